The van der Waals surface area contributed by atoms with Crippen molar-refractivity contribution in [2.45, 2.75) is 30.9 Å². The lowest BCUT2D eigenvalue weighted by atomic mass is 10.1. The van der Waals surface area contributed by atoms with Gasteiger partial charge in [0.1, 0.15) is 10.6 Å². The normalized spacial score (nSPS) is 22.2. The molecule has 1 aliphatic rings. The molecule has 124 valence electrons. The van der Waals surface area contributed by atoms with Gasteiger partial charge in [-0.1, -0.05) is 0 Å². The summed E-state index contributed by atoms with van der Waals surface area (Å²) in [4.78, 5) is 14.7. The zero-order valence-electron chi connectivity index (χ0n) is 12.6. The minimum absolute atomic E-state index is 0.0221. The Balaban J connectivity index is 1.97. The summed E-state index contributed by atoms with van der Waals surface area (Å²) in [6.07, 6.45) is 0.807. The summed E-state index contributed by atoms with van der Waals surface area (Å²) in [5.74, 6) is -0.435. The van der Waals surface area contributed by atoms with Crippen molar-refractivity contribution in [2.75, 3.05) is 19.6 Å². The van der Waals surface area contributed by atoms with Gasteiger partial charge in [0, 0.05) is 37.8 Å². The molecule has 2 unspecified atom stereocenters. The number of aromatic nitrogens is 1. The fraction of sp³-hybridized carbons (Fsp3) is 0.615. The van der Waals surface area contributed by atoms with Crippen LogP contribution in [0.3, 0.4) is 0 Å². The number of amides is 1. The Morgan fingerprint density at radius 3 is 2.77 bits per heavy atom. The van der Waals surface area contributed by atoms with Crippen molar-refractivity contribution in [3.8, 4) is 0 Å². The van der Waals surface area contributed by atoms with E-state index in [0.717, 1.165) is 0 Å². The highest BCUT2D eigenvalue weighted by Crippen LogP contribution is 2.12. The van der Waals surface area contributed by atoms with Gasteiger partial charge in [-0.15, -0.1) is 0 Å². The van der Waals surface area contributed by atoms with Crippen LogP contribution in [0.1, 0.15) is 24.3 Å². The van der Waals surface area contributed by atoms with Crippen molar-refractivity contribution in [3.05, 3.63) is 18.0 Å². The molecule has 2 rings (SSSR count). The molecule has 1 aromatic rings. The van der Waals surface area contributed by atoms with Crippen molar-refractivity contribution < 1.29 is 18.3 Å². The van der Waals surface area contributed by atoms with E-state index in [2.05, 4.69) is 20.3 Å². The second-order valence-electron chi connectivity index (χ2n) is 5.72. The molecule has 1 aliphatic heterocycles. The molecule has 8 nitrogen and oxygen atoms in total. The van der Waals surface area contributed by atoms with Crippen LogP contribution < -0.4 is 15.4 Å². The number of nitrogens with one attached hydrogen (secondary N) is 4. The topological polar surface area (TPSA) is 123 Å². The van der Waals surface area contributed by atoms with Crippen LogP contribution in [-0.4, -0.2) is 56.2 Å². The van der Waals surface area contributed by atoms with Gasteiger partial charge in [0.05, 0.1) is 6.10 Å². The van der Waals surface area contributed by atoms with E-state index in [9.17, 15) is 18.3 Å². The molecule has 0 aromatic carbocycles. The number of aliphatic hydroxyl groups excluding tert-OH is 1. The van der Waals surface area contributed by atoms with Gasteiger partial charge in [-0.2, -0.15) is 0 Å². The van der Waals surface area contributed by atoms with Gasteiger partial charge < -0.3 is 20.7 Å². The summed E-state index contributed by atoms with van der Waals surface area (Å²) in [7, 11) is -3.62. The highest BCUT2D eigenvalue weighted by molar-refractivity contribution is 7.89. The fourth-order valence-electron chi connectivity index (χ4n) is 2.29. The number of β-amino-alcohol motifs (C(OH)–C–C–N with tert-alkyl or cyclic N) is 1. The third kappa shape index (κ3) is 4.07. The van der Waals surface area contributed by atoms with E-state index in [1.54, 1.807) is 13.8 Å². The molecular weight excluding hydrogens is 308 g/mol. The average Bonchev–Trinajstić information content (AvgIpc) is 3.03. The fourth-order valence-corrected chi connectivity index (χ4v) is 3.53. The van der Waals surface area contributed by atoms with E-state index in [-0.39, 0.29) is 22.5 Å². The Bertz CT molecular complexity index is 626. The molecule has 5 N–H and O–H groups in total. The van der Waals surface area contributed by atoms with E-state index >= 15 is 0 Å². The molecule has 0 bridgehead atoms. The van der Waals surface area contributed by atoms with Crippen LogP contribution >= 0.6 is 0 Å². The molecule has 1 fully saturated rings. The number of hydrogen-bond acceptors (Lipinski definition) is 5. The Morgan fingerprint density at radius 1 is 1.45 bits per heavy atom. The molecule has 0 saturated carbocycles. The van der Waals surface area contributed by atoms with Gasteiger partial charge in [0.15, 0.2) is 0 Å². The predicted molar refractivity (Wildman–Crippen MR) is 80.9 cm³/mol. The van der Waals surface area contributed by atoms with Gasteiger partial charge >= 0.3 is 0 Å². The third-order valence-corrected chi connectivity index (χ3v) is 5.07. The molecule has 0 aliphatic carbocycles. The quantitative estimate of drug-likeness (QED) is 0.458. The largest absolute Gasteiger partial charge is 0.391 e. The van der Waals surface area contributed by atoms with Gasteiger partial charge in [0.2, 0.25) is 10.0 Å². The maximum atomic E-state index is 12.0. The minimum atomic E-state index is -3.62. The summed E-state index contributed by atoms with van der Waals surface area (Å²) in [6, 6.07) is 1.07. The second-order valence-corrected chi connectivity index (χ2v) is 7.43. The van der Waals surface area contributed by atoms with Crippen LogP contribution in [-0.2, 0) is 10.0 Å². The lowest BCUT2D eigenvalue weighted by molar-refractivity contribution is 0.0922. The smallest absolute Gasteiger partial charge is 0.267 e. The van der Waals surface area contributed by atoms with Crippen LogP contribution in [0.15, 0.2) is 17.2 Å². The number of H-pyrrole nitrogens is 1. The Kier molecular flexibility index (Phi) is 5.22. The molecule has 2 heterocycles. The Hall–Kier alpha value is -1.42. The number of hydrogen-bond donors (Lipinski definition) is 5. The van der Waals surface area contributed by atoms with Gasteiger partial charge in [-0.25, -0.2) is 13.1 Å². The maximum Gasteiger partial charge on any atom is 0.267 e. The first-order valence-corrected chi connectivity index (χ1v) is 8.65. The molecule has 0 radical (unpaired) electrons. The van der Waals surface area contributed by atoms with Crippen LogP contribution in [0.5, 0.6) is 0 Å². The standard InChI is InChI=1S/C13H22N4O4S/c1-8(2)17-22(20,21)10-3-11(15-6-10)13(19)16-5-9-4-14-7-12(9)18/h3,6,8-9,12,14-15,17-18H,4-5,7H2,1-2H3,(H,16,19). The molecule has 2 atom stereocenters. The number of sulfonamides is 1. The van der Waals surface area contributed by atoms with Crippen molar-refractivity contribution in [2.24, 2.45) is 5.92 Å². The predicted octanol–water partition coefficient (Wildman–Crippen LogP) is -0.988. The molecule has 1 aromatic heterocycles. The third-order valence-electron chi connectivity index (χ3n) is 3.43. The second kappa shape index (κ2) is 6.78. The lowest BCUT2D eigenvalue weighted by Gasteiger charge is -2.13. The van der Waals surface area contributed by atoms with Gasteiger partial charge in [0.25, 0.3) is 5.91 Å². The van der Waals surface area contributed by atoms with Crippen LogP contribution in [0.4, 0.5) is 0 Å². The van der Waals surface area contributed by atoms with E-state index in [4.69, 9.17) is 0 Å². The first kappa shape index (κ1) is 16.9. The molecule has 1 saturated heterocycles. The number of rotatable bonds is 6. The lowest BCUT2D eigenvalue weighted by Crippen LogP contribution is -2.34. The highest BCUT2D eigenvalue weighted by Gasteiger charge is 2.25. The number of carbonyl (C=O) groups excluding carboxylic acids is 1. The van der Waals surface area contributed by atoms with E-state index < -0.39 is 22.0 Å². The zero-order chi connectivity index (χ0) is 16.3. The molecule has 22 heavy (non-hydrogen) atoms. The zero-order valence-corrected chi connectivity index (χ0v) is 13.4. The van der Waals surface area contributed by atoms with Crippen molar-refractivity contribution in [1.29, 1.82) is 0 Å². The van der Waals surface area contributed by atoms with Crippen molar-refractivity contribution >= 4 is 15.9 Å². The van der Waals surface area contributed by atoms with Crippen molar-refractivity contribution in [1.82, 2.24) is 20.3 Å². The number of aromatic amines is 1. The number of aliphatic hydroxyl groups is 1. The van der Waals surface area contributed by atoms with E-state index in [1.807, 2.05) is 0 Å². The summed E-state index contributed by atoms with van der Waals surface area (Å²) in [5, 5.41) is 15.4. The Morgan fingerprint density at radius 2 is 2.18 bits per heavy atom. The average molecular weight is 330 g/mol. The van der Waals surface area contributed by atoms with Crippen LogP contribution in [0, 0.1) is 5.92 Å². The highest BCUT2D eigenvalue weighted by atomic mass is 32.2. The SMILES string of the molecule is CC(C)NS(=O)(=O)c1c[nH]c(C(=O)NCC2CNCC2O)c1. The summed E-state index contributed by atoms with van der Waals surface area (Å²) < 4.78 is 26.4. The monoisotopic (exact) mass is 330 g/mol. The van der Waals surface area contributed by atoms with Gasteiger partial charge in [-0.3, -0.25) is 4.79 Å². The first-order chi connectivity index (χ1) is 10.3. The summed E-state index contributed by atoms with van der Waals surface area (Å²) in [6.45, 7) is 4.94. The van der Waals surface area contributed by atoms with E-state index in [0.29, 0.717) is 19.6 Å². The molecule has 9 heteroatoms. The molecular formula is C13H22N4O4S. The maximum absolute atomic E-state index is 12.0. The van der Waals surface area contributed by atoms with Gasteiger partial charge in [-0.05, 0) is 19.9 Å². The first-order valence-electron chi connectivity index (χ1n) is 7.17. The summed E-state index contributed by atoms with van der Waals surface area (Å²) in [5.41, 5.74) is 0.171. The van der Waals surface area contributed by atoms with Crippen molar-refractivity contribution in [3.63, 3.8) is 0 Å². The molecule has 0 spiro atoms. The van der Waals surface area contributed by atoms with Crippen LogP contribution in [0.25, 0.3) is 0 Å². The van der Waals surface area contributed by atoms with E-state index in [1.165, 1.54) is 12.3 Å². The number of carbonyl (C=O) groups is 1. The summed E-state index contributed by atoms with van der Waals surface area (Å²) >= 11 is 0. The van der Waals surface area contributed by atoms with Crippen LogP contribution in [0.2, 0.25) is 0 Å². The minimum Gasteiger partial charge on any atom is -0.391 e. The molecule has 1 amide bonds. The Labute approximate surface area is 129 Å².